The number of carboxylic acids is 1. The summed E-state index contributed by atoms with van der Waals surface area (Å²) < 4.78 is 0. The lowest BCUT2D eigenvalue weighted by molar-refractivity contribution is -0.137. The van der Waals surface area contributed by atoms with Gasteiger partial charge in [0.25, 0.3) is 0 Å². The third-order valence-corrected chi connectivity index (χ3v) is 4.72. The molecule has 2 atom stereocenters. The van der Waals surface area contributed by atoms with Crippen LogP contribution in [0.25, 0.3) is 0 Å². The van der Waals surface area contributed by atoms with Crippen molar-refractivity contribution in [2.45, 2.75) is 38.5 Å². The molecule has 1 N–H and O–H groups in total. The van der Waals surface area contributed by atoms with Gasteiger partial charge < -0.3 is 14.9 Å². The highest BCUT2D eigenvalue weighted by molar-refractivity contribution is 8.00. The number of thioether (sulfide) groups is 1. The smallest absolute Gasteiger partial charge is 0.320 e. The van der Waals surface area contributed by atoms with E-state index >= 15 is 0 Å². The monoisotopic (exact) mass is 274 g/mol. The summed E-state index contributed by atoms with van der Waals surface area (Å²) in [6, 6.07) is 0.175. The van der Waals surface area contributed by atoms with E-state index in [0.717, 1.165) is 12.3 Å². The SMILES string of the molecule is CCN(CCC(=O)O)C(=O)N1CCSC(C)C1C. The number of amides is 2. The summed E-state index contributed by atoms with van der Waals surface area (Å²) in [6.07, 6.45) is 0.00606. The molecule has 0 bridgehead atoms. The van der Waals surface area contributed by atoms with Crippen molar-refractivity contribution in [1.29, 1.82) is 0 Å². The quantitative estimate of drug-likeness (QED) is 0.848. The Labute approximate surface area is 113 Å². The third-order valence-electron chi connectivity index (χ3n) is 3.38. The molecule has 0 aliphatic carbocycles. The van der Waals surface area contributed by atoms with Crippen LogP contribution in [0.4, 0.5) is 4.79 Å². The summed E-state index contributed by atoms with van der Waals surface area (Å²) in [5.41, 5.74) is 0. The van der Waals surface area contributed by atoms with Crippen molar-refractivity contribution in [3.8, 4) is 0 Å². The largest absolute Gasteiger partial charge is 0.481 e. The first-order chi connectivity index (χ1) is 8.47. The first-order valence-corrected chi connectivity index (χ1v) is 7.41. The molecule has 1 rings (SSSR count). The van der Waals surface area contributed by atoms with Crippen LogP contribution in [0.5, 0.6) is 0 Å². The number of carboxylic acid groups (broad SMARTS) is 1. The topological polar surface area (TPSA) is 60.9 Å². The summed E-state index contributed by atoms with van der Waals surface area (Å²) >= 11 is 1.88. The molecule has 1 aliphatic heterocycles. The van der Waals surface area contributed by atoms with Gasteiger partial charge in [-0.2, -0.15) is 11.8 Å². The van der Waals surface area contributed by atoms with Crippen LogP contribution in [0.1, 0.15) is 27.2 Å². The second-order valence-electron chi connectivity index (χ2n) is 4.52. The minimum Gasteiger partial charge on any atom is -0.481 e. The van der Waals surface area contributed by atoms with E-state index in [0.29, 0.717) is 11.8 Å². The van der Waals surface area contributed by atoms with Crippen molar-refractivity contribution in [3.05, 3.63) is 0 Å². The van der Waals surface area contributed by atoms with Crippen LogP contribution in [0.2, 0.25) is 0 Å². The van der Waals surface area contributed by atoms with E-state index < -0.39 is 5.97 Å². The van der Waals surface area contributed by atoms with E-state index in [1.165, 1.54) is 0 Å². The predicted molar refractivity (Wildman–Crippen MR) is 73.0 cm³/mol. The van der Waals surface area contributed by atoms with Crippen molar-refractivity contribution < 1.29 is 14.7 Å². The maximum atomic E-state index is 12.3. The molecule has 1 saturated heterocycles. The fraction of sp³-hybridized carbons (Fsp3) is 0.833. The molecule has 5 nitrogen and oxygen atoms in total. The van der Waals surface area contributed by atoms with Gasteiger partial charge in [0.15, 0.2) is 0 Å². The second-order valence-corrected chi connectivity index (χ2v) is 6.00. The molecule has 1 fully saturated rings. The van der Waals surface area contributed by atoms with E-state index in [1.807, 2.05) is 23.6 Å². The molecule has 2 unspecified atom stereocenters. The summed E-state index contributed by atoms with van der Waals surface area (Å²) in [7, 11) is 0. The molecule has 1 aliphatic rings. The molecule has 104 valence electrons. The van der Waals surface area contributed by atoms with Crippen LogP contribution in [0.15, 0.2) is 0 Å². The zero-order valence-corrected chi connectivity index (χ0v) is 12.1. The highest BCUT2D eigenvalue weighted by atomic mass is 32.2. The lowest BCUT2D eigenvalue weighted by Crippen LogP contribution is -2.53. The van der Waals surface area contributed by atoms with Crippen molar-refractivity contribution in [2.75, 3.05) is 25.4 Å². The Morgan fingerprint density at radius 1 is 1.44 bits per heavy atom. The van der Waals surface area contributed by atoms with Crippen molar-refractivity contribution in [3.63, 3.8) is 0 Å². The van der Waals surface area contributed by atoms with E-state index in [2.05, 4.69) is 13.8 Å². The van der Waals surface area contributed by atoms with Gasteiger partial charge in [0.1, 0.15) is 0 Å². The van der Waals surface area contributed by atoms with Gasteiger partial charge in [-0.1, -0.05) is 6.92 Å². The molecule has 6 heteroatoms. The van der Waals surface area contributed by atoms with Gasteiger partial charge >= 0.3 is 12.0 Å². The zero-order chi connectivity index (χ0) is 13.7. The fourth-order valence-electron chi connectivity index (χ4n) is 2.00. The normalized spacial score (nSPS) is 23.8. The van der Waals surface area contributed by atoms with E-state index in [4.69, 9.17) is 5.11 Å². The number of aliphatic carboxylic acids is 1. The number of carbonyl (C=O) groups excluding carboxylic acids is 1. The Hall–Kier alpha value is -0.910. The maximum absolute atomic E-state index is 12.3. The lowest BCUT2D eigenvalue weighted by atomic mass is 10.2. The number of urea groups is 1. The minimum atomic E-state index is -0.864. The van der Waals surface area contributed by atoms with E-state index in [-0.39, 0.29) is 25.0 Å². The van der Waals surface area contributed by atoms with Crippen LogP contribution in [0.3, 0.4) is 0 Å². The van der Waals surface area contributed by atoms with Crippen LogP contribution in [-0.4, -0.2) is 63.6 Å². The van der Waals surface area contributed by atoms with Gasteiger partial charge in [-0.15, -0.1) is 0 Å². The summed E-state index contributed by atoms with van der Waals surface area (Å²) in [5.74, 6) is 0.0881. The number of rotatable bonds is 4. The Morgan fingerprint density at radius 3 is 2.67 bits per heavy atom. The van der Waals surface area contributed by atoms with Crippen molar-refractivity contribution in [1.82, 2.24) is 9.80 Å². The van der Waals surface area contributed by atoms with E-state index in [1.54, 1.807) is 4.90 Å². The number of hydrogen-bond acceptors (Lipinski definition) is 3. The predicted octanol–water partition coefficient (Wildman–Crippen LogP) is 1.73. The highest BCUT2D eigenvalue weighted by Gasteiger charge is 2.31. The van der Waals surface area contributed by atoms with Crippen LogP contribution >= 0.6 is 11.8 Å². The first kappa shape index (κ1) is 15.1. The lowest BCUT2D eigenvalue weighted by Gasteiger charge is -2.40. The van der Waals surface area contributed by atoms with Gasteiger partial charge in [-0.3, -0.25) is 4.79 Å². The zero-order valence-electron chi connectivity index (χ0n) is 11.3. The molecule has 0 aromatic heterocycles. The third kappa shape index (κ3) is 3.80. The summed E-state index contributed by atoms with van der Waals surface area (Å²) in [6.45, 7) is 7.65. The Balaban J connectivity index is 2.62. The molecule has 0 radical (unpaired) electrons. The van der Waals surface area contributed by atoms with Crippen molar-refractivity contribution in [2.24, 2.45) is 0 Å². The first-order valence-electron chi connectivity index (χ1n) is 6.36. The van der Waals surface area contributed by atoms with Crippen LogP contribution < -0.4 is 0 Å². The molecule has 0 aromatic carbocycles. The van der Waals surface area contributed by atoms with Crippen LogP contribution in [0, 0.1) is 0 Å². The summed E-state index contributed by atoms with van der Waals surface area (Å²) in [4.78, 5) is 26.4. The highest BCUT2D eigenvalue weighted by Crippen LogP contribution is 2.25. The van der Waals surface area contributed by atoms with Gasteiger partial charge in [0, 0.05) is 36.7 Å². The van der Waals surface area contributed by atoms with Gasteiger partial charge in [0.2, 0.25) is 0 Å². The average molecular weight is 274 g/mol. The van der Waals surface area contributed by atoms with Gasteiger partial charge in [-0.05, 0) is 13.8 Å². The molecular formula is C12H22N2O3S. The fourth-order valence-corrected chi connectivity index (χ4v) is 3.10. The molecule has 0 saturated carbocycles. The summed E-state index contributed by atoms with van der Waals surface area (Å²) in [5, 5.41) is 9.12. The molecule has 18 heavy (non-hydrogen) atoms. The average Bonchev–Trinajstić information content (AvgIpc) is 2.32. The number of hydrogen-bond donors (Lipinski definition) is 1. The Morgan fingerprint density at radius 2 is 2.11 bits per heavy atom. The van der Waals surface area contributed by atoms with E-state index in [9.17, 15) is 9.59 Å². The standard InChI is InChI=1S/C12H22N2O3S/c1-4-13(6-5-11(15)16)12(17)14-7-8-18-10(3)9(14)2/h9-10H,4-8H2,1-3H3,(H,15,16). The Kier molecular flexibility index (Phi) is 5.78. The Bertz CT molecular complexity index is 312. The molecule has 2 amide bonds. The molecular weight excluding hydrogens is 252 g/mol. The maximum Gasteiger partial charge on any atom is 0.320 e. The number of carbonyl (C=O) groups is 2. The van der Waals surface area contributed by atoms with Gasteiger partial charge in [-0.25, -0.2) is 4.79 Å². The number of nitrogens with zero attached hydrogens (tertiary/aromatic N) is 2. The molecule has 0 spiro atoms. The molecule has 0 aromatic rings. The van der Waals surface area contributed by atoms with Crippen molar-refractivity contribution >= 4 is 23.8 Å². The second kappa shape index (κ2) is 6.87. The van der Waals surface area contributed by atoms with Crippen LogP contribution in [-0.2, 0) is 4.79 Å². The van der Waals surface area contributed by atoms with Gasteiger partial charge in [0.05, 0.1) is 6.42 Å². The minimum absolute atomic E-state index is 0.00606. The molecule has 1 heterocycles.